The number of hydrogen-bond donors (Lipinski definition) is 2. The maximum absolute atomic E-state index is 13.7. The van der Waals surface area contributed by atoms with Crippen LogP contribution in [0, 0.1) is 0 Å². The Bertz CT molecular complexity index is 1870. The van der Waals surface area contributed by atoms with Crippen LogP contribution in [-0.4, -0.2) is 53.9 Å². The number of rotatable bonds is 12. The molecule has 10 nitrogen and oxygen atoms in total. The van der Waals surface area contributed by atoms with Gasteiger partial charge in [0.05, 0.1) is 40.8 Å². The normalized spacial score (nSPS) is 13.8. The average Bonchev–Trinajstić information content (AvgIpc) is 3.04. The van der Waals surface area contributed by atoms with Gasteiger partial charge in [0, 0.05) is 23.9 Å². The number of ether oxygens (including phenoxy) is 2. The fourth-order valence-electron chi connectivity index (χ4n) is 5.36. The van der Waals surface area contributed by atoms with E-state index in [1.165, 1.54) is 24.3 Å². The highest BCUT2D eigenvalue weighted by molar-refractivity contribution is 7.93. The third kappa shape index (κ3) is 7.51. The zero-order valence-corrected chi connectivity index (χ0v) is 26.9. The van der Waals surface area contributed by atoms with Crippen molar-refractivity contribution in [2.24, 2.45) is 0 Å². The van der Waals surface area contributed by atoms with Gasteiger partial charge in [0.15, 0.2) is 0 Å². The molecule has 1 aliphatic rings. The third-order valence-electron chi connectivity index (χ3n) is 7.55. The summed E-state index contributed by atoms with van der Waals surface area (Å²) >= 11 is 0. The summed E-state index contributed by atoms with van der Waals surface area (Å²) < 4.78 is 70.6. The van der Waals surface area contributed by atoms with E-state index in [1.54, 1.807) is 59.5 Å². The van der Waals surface area contributed by atoms with E-state index in [4.69, 9.17) is 9.47 Å². The molecule has 4 aromatic carbocycles. The van der Waals surface area contributed by atoms with Crippen LogP contribution in [0.15, 0.2) is 88.7 Å². The van der Waals surface area contributed by atoms with Gasteiger partial charge in [-0.05, 0) is 93.3 Å². The first-order valence-electron chi connectivity index (χ1n) is 14.9. The predicted molar refractivity (Wildman–Crippen MR) is 175 cm³/mol. The van der Waals surface area contributed by atoms with Crippen LogP contribution < -0.4 is 18.9 Å². The lowest BCUT2D eigenvalue weighted by molar-refractivity contribution is -0.131. The molecular formula is C33H37N3O7S2. The Morgan fingerprint density at radius 1 is 0.711 bits per heavy atom. The van der Waals surface area contributed by atoms with E-state index in [9.17, 15) is 21.6 Å². The van der Waals surface area contributed by atoms with Crippen LogP contribution >= 0.6 is 0 Å². The molecule has 12 heteroatoms. The van der Waals surface area contributed by atoms with Crippen LogP contribution in [0.5, 0.6) is 11.5 Å². The molecule has 0 saturated carbocycles. The van der Waals surface area contributed by atoms with E-state index in [0.29, 0.717) is 54.1 Å². The second kappa shape index (κ2) is 13.8. The lowest BCUT2D eigenvalue weighted by atomic mass is 9.99. The zero-order valence-electron chi connectivity index (χ0n) is 25.3. The average molecular weight is 652 g/mol. The SMILES string of the molecule is CCOc1ccc(S(=O)(=O)Nc2cc(CC(=O)N3CCCCC3)c(NS(=O)(=O)c3ccc(OCC)cc3)c3ccccc23)cc1. The minimum atomic E-state index is -4.10. The first-order valence-corrected chi connectivity index (χ1v) is 17.9. The predicted octanol–water partition coefficient (Wildman–Crippen LogP) is 5.79. The van der Waals surface area contributed by atoms with Gasteiger partial charge < -0.3 is 14.4 Å². The lowest BCUT2D eigenvalue weighted by Crippen LogP contribution is -2.36. The topological polar surface area (TPSA) is 131 Å². The molecule has 2 N–H and O–H groups in total. The van der Waals surface area contributed by atoms with Gasteiger partial charge in [0.1, 0.15) is 11.5 Å². The molecule has 0 unspecified atom stereocenters. The Kier molecular flexibility index (Phi) is 9.83. The maximum Gasteiger partial charge on any atom is 0.261 e. The first-order chi connectivity index (χ1) is 21.6. The third-order valence-corrected chi connectivity index (χ3v) is 10.3. The van der Waals surface area contributed by atoms with Crippen LogP contribution in [0.3, 0.4) is 0 Å². The molecule has 238 valence electrons. The van der Waals surface area contributed by atoms with Crippen LogP contribution in [0.4, 0.5) is 11.4 Å². The van der Waals surface area contributed by atoms with Crippen molar-refractivity contribution in [2.75, 3.05) is 35.7 Å². The van der Waals surface area contributed by atoms with Crippen LogP contribution in [0.1, 0.15) is 38.7 Å². The summed E-state index contributed by atoms with van der Waals surface area (Å²) in [6.45, 7) is 5.82. The number of piperidine rings is 1. The van der Waals surface area contributed by atoms with E-state index < -0.39 is 20.0 Å². The first kappa shape index (κ1) is 32.1. The van der Waals surface area contributed by atoms with Crippen molar-refractivity contribution in [2.45, 2.75) is 49.3 Å². The number of likely N-dealkylation sites (tertiary alicyclic amines) is 1. The number of fused-ring (bicyclic) bond motifs is 1. The van der Waals surface area contributed by atoms with Gasteiger partial charge in [-0.1, -0.05) is 24.3 Å². The standard InChI is InChI=1S/C33H37N3O7S2/c1-3-42-25-12-16-27(17-13-25)44(38,39)34-31-22-24(23-32(37)36-20-8-5-9-21-36)33(30-11-7-6-10-29(30)31)35-45(40,41)28-18-14-26(15-19-28)43-4-2/h6-7,10-19,22,34-35H,3-5,8-9,20-21,23H2,1-2H3. The van der Waals surface area contributed by atoms with Gasteiger partial charge in [-0.3, -0.25) is 14.2 Å². The highest BCUT2D eigenvalue weighted by atomic mass is 32.2. The number of sulfonamides is 2. The highest BCUT2D eigenvalue weighted by Crippen LogP contribution is 2.37. The minimum Gasteiger partial charge on any atom is -0.494 e. The van der Waals surface area contributed by atoms with Crippen LogP contribution in [0.2, 0.25) is 0 Å². The molecule has 0 bridgehead atoms. The number of carbonyl (C=O) groups is 1. The summed E-state index contributed by atoms with van der Waals surface area (Å²) in [5.41, 5.74) is 0.794. The van der Waals surface area contributed by atoms with Gasteiger partial charge >= 0.3 is 0 Å². The van der Waals surface area contributed by atoms with Gasteiger partial charge in [0.2, 0.25) is 5.91 Å². The second-order valence-corrected chi connectivity index (χ2v) is 14.0. The smallest absolute Gasteiger partial charge is 0.261 e. The summed E-state index contributed by atoms with van der Waals surface area (Å²) in [4.78, 5) is 15.3. The van der Waals surface area contributed by atoms with E-state index >= 15 is 0 Å². The molecule has 4 aromatic rings. The lowest BCUT2D eigenvalue weighted by Gasteiger charge is -2.27. The quantitative estimate of drug-likeness (QED) is 0.198. The zero-order chi connectivity index (χ0) is 32.0. The number of nitrogens with one attached hydrogen (secondary N) is 2. The Balaban J connectivity index is 1.58. The summed E-state index contributed by atoms with van der Waals surface area (Å²) in [7, 11) is -8.15. The Morgan fingerprint density at radius 2 is 1.22 bits per heavy atom. The van der Waals surface area contributed by atoms with Crippen molar-refractivity contribution in [3.05, 3.63) is 84.4 Å². The summed E-state index contributed by atoms with van der Waals surface area (Å²) in [6.07, 6.45) is 2.72. The largest absolute Gasteiger partial charge is 0.494 e. The molecular weight excluding hydrogens is 615 g/mol. The van der Waals surface area contributed by atoms with Crippen molar-refractivity contribution in [3.8, 4) is 11.5 Å². The fraction of sp³-hybridized carbons (Fsp3) is 0.303. The van der Waals surface area contributed by atoms with E-state index in [0.717, 1.165) is 19.3 Å². The molecule has 1 fully saturated rings. The van der Waals surface area contributed by atoms with Crippen molar-refractivity contribution >= 4 is 48.1 Å². The summed E-state index contributed by atoms with van der Waals surface area (Å²) in [5.74, 6) is 0.926. The molecule has 1 heterocycles. The fourth-order valence-corrected chi connectivity index (χ4v) is 7.55. The van der Waals surface area contributed by atoms with Gasteiger partial charge in [-0.2, -0.15) is 0 Å². The molecule has 0 atom stereocenters. The van der Waals surface area contributed by atoms with Crippen molar-refractivity contribution in [3.63, 3.8) is 0 Å². The number of hydrogen-bond acceptors (Lipinski definition) is 7. The highest BCUT2D eigenvalue weighted by Gasteiger charge is 2.25. The maximum atomic E-state index is 13.7. The van der Waals surface area contributed by atoms with Crippen molar-refractivity contribution < 1.29 is 31.1 Å². The molecule has 0 aromatic heterocycles. The van der Waals surface area contributed by atoms with E-state index in [1.807, 2.05) is 13.8 Å². The van der Waals surface area contributed by atoms with Gasteiger partial charge in [0.25, 0.3) is 20.0 Å². The molecule has 5 rings (SSSR count). The number of amides is 1. The summed E-state index contributed by atoms with van der Waals surface area (Å²) in [5, 5.41) is 0.908. The van der Waals surface area contributed by atoms with E-state index in [2.05, 4.69) is 9.44 Å². The molecule has 0 aliphatic carbocycles. The van der Waals surface area contributed by atoms with Gasteiger partial charge in [-0.25, -0.2) is 16.8 Å². The molecule has 0 radical (unpaired) electrons. The molecule has 0 spiro atoms. The van der Waals surface area contributed by atoms with Crippen LogP contribution in [-0.2, 0) is 31.3 Å². The number of nitrogens with zero attached hydrogens (tertiary/aromatic N) is 1. The number of anilines is 2. The minimum absolute atomic E-state index is 0.0172. The summed E-state index contributed by atoms with van der Waals surface area (Å²) in [6, 6.07) is 20.6. The second-order valence-electron chi connectivity index (χ2n) is 10.6. The van der Waals surface area contributed by atoms with E-state index in [-0.39, 0.29) is 33.5 Å². The monoisotopic (exact) mass is 651 g/mol. The Labute approximate surface area is 264 Å². The van der Waals surface area contributed by atoms with Crippen molar-refractivity contribution in [1.29, 1.82) is 0 Å². The Morgan fingerprint density at radius 3 is 1.76 bits per heavy atom. The van der Waals surface area contributed by atoms with Crippen molar-refractivity contribution in [1.82, 2.24) is 4.90 Å². The Hall–Kier alpha value is -4.29. The molecule has 45 heavy (non-hydrogen) atoms. The molecule has 1 aliphatic heterocycles. The molecule has 1 saturated heterocycles. The molecule has 1 amide bonds. The number of benzene rings is 4. The number of carbonyl (C=O) groups excluding carboxylic acids is 1. The van der Waals surface area contributed by atoms with Crippen LogP contribution in [0.25, 0.3) is 10.8 Å². The van der Waals surface area contributed by atoms with Gasteiger partial charge in [-0.15, -0.1) is 0 Å².